The molecule has 0 aliphatic heterocycles. The zero-order valence-corrected chi connectivity index (χ0v) is 9.17. The first-order chi connectivity index (χ1) is 7.52. The van der Waals surface area contributed by atoms with E-state index in [1.54, 1.807) is 11.4 Å². The molecular weight excluding hydrogens is 230 g/mol. The average Bonchev–Trinajstić information content (AvgIpc) is 2.65. The molecule has 0 spiro atoms. The number of aromatic hydroxyl groups is 1. The van der Waals surface area contributed by atoms with Crippen molar-refractivity contribution in [2.24, 2.45) is 0 Å². The molecular formula is C10H9NO4S. The maximum atomic E-state index is 11.6. The van der Waals surface area contributed by atoms with Gasteiger partial charge in [0.15, 0.2) is 0 Å². The van der Waals surface area contributed by atoms with Crippen LogP contribution in [0.4, 0.5) is 0 Å². The lowest BCUT2D eigenvalue weighted by atomic mass is 10.0. The largest absolute Gasteiger partial charge is 0.506 e. The third-order valence-electron chi connectivity index (χ3n) is 2.43. The molecule has 0 fully saturated rings. The van der Waals surface area contributed by atoms with E-state index in [0.29, 0.717) is 10.2 Å². The summed E-state index contributed by atoms with van der Waals surface area (Å²) in [5, 5.41) is 20.4. The number of carboxylic acids is 1. The number of hydrogen-bond donors (Lipinski definition) is 3. The first kappa shape index (κ1) is 10.7. The highest BCUT2D eigenvalue weighted by Gasteiger charge is 2.23. The third kappa shape index (κ3) is 1.47. The van der Waals surface area contributed by atoms with Gasteiger partial charge in [0, 0.05) is 0 Å². The summed E-state index contributed by atoms with van der Waals surface area (Å²) in [6.45, 7) is 1.37. The second-order valence-corrected chi connectivity index (χ2v) is 4.36. The number of H-pyrrole nitrogens is 1. The summed E-state index contributed by atoms with van der Waals surface area (Å²) >= 11 is 1.25. The van der Waals surface area contributed by atoms with Crippen LogP contribution in [-0.2, 0) is 4.79 Å². The lowest BCUT2D eigenvalue weighted by Gasteiger charge is -2.08. The van der Waals surface area contributed by atoms with Crippen molar-refractivity contribution in [1.82, 2.24) is 4.98 Å². The molecule has 3 N–H and O–H groups in total. The van der Waals surface area contributed by atoms with E-state index in [2.05, 4.69) is 4.98 Å². The standard InChI is InChI=1S/C10H9NO4S/c1-4(10(14)15)6-7(12)8-5(2-3-16-8)11-9(6)13/h2-4H,1H3,(H,14,15)(H2,11,12,13). The van der Waals surface area contributed by atoms with Gasteiger partial charge in [-0.15, -0.1) is 11.3 Å². The number of carbonyl (C=O) groups is 1. The van der Waals surface area contributed by atoms with Crippen molar-refractivity contribution < 1.29 is 15.0 Å². The van der Waals surface area contributed by atoms with Crippen molar-refractivity contribution in [1.29, 1.82) is 0 Å². The van der Waals surface area contributed by atoms with Crippen LogP contribution in [0.25, 0.3) is 10.2 Å². The van der Waals surface area contributed by atoms with Crippen molar-refractivity contribution in [3.8, 4) is 5.75 Å². The predicted octanol–water partition coefficient (Wildman–Crippen LogP) is 1.48. The first-order valence-corrected chi connectivity index (χ1v) is 5.45. The Bertz CT molecular complexity index is 613. The molecule has 2 heterocycles. The molecule has 0 aliphatic rings. The van der Waals surface area contributed by atoms with E-state index in [0.717, 1.165) is 0 Å². The summed E-state index contributed by atoms with van der Waals surface area (Å²) in [5.74, 6) is -2.41. The van der Waals surface area contributed by atoms with Crippen molar-refractivity contribution in [2.45, 2.75) is 12.8 Å². The number of aromatic amines is 1. The summed E-state index contributed by atoms with van der Waals surface area (Å²) in [6, 6.07) is 1.66. The van der Waals surface area contributed by atoms with Gasteiger partial charge in [-0.2, -0.15) is 0 Å². The Labute approximate surface area is 94.0 Å². The van der Waals surface area contributed by atoms with Gasteiger partial charge < -0.3 is 15.2 Å². The van der Waals surface area contributed by atoms with Crippen LogP contribution in [0.1, 0.15) is 18.4 Å². The summed E-state index contributed by atoms with van der Waals surface area (Å²) in [4.78, 5) is 25.0. The monoisotopic (exact) mass is 239 g/mol. The van der Waals surface area contributed by atoms with Crippen LogP contribution in [0.2, 0.25) is 0 Å². The molecule has 2 rings (SSSR count). The Hall–Kier alpha value is -1.82. The number of rotatable bonds is 2. The van der Waals surface area contributed by atoms with Crippen LogP contribution in [0, 0.1) is 0 Å². The molecule has 0 saturated carbocycles. The molecule has 0 saturated heterocycles. The maximum Gasteiger partial charge on any atom is 0.311 e. The highest BCUT2D eigenvalue weighted by atomic mass is 32.1. The van der Waals surface area contributed by atoms with Crippen molar-refractivity contribution in [3.05, 3.63) is 27.4 Å². The number of aliphatic carboxylic acids is 1. The van der Waals surface area contributed by atoms with E-state index in [1.807, 2.05) is 0 Å². The van der Waals surface area contributed by atoms with Crippen molar-refractivity contribution in [2.75, 3.05) is 0 Å². The fraction of sp³-hybridized carbons (Fsp3) is 0.200. The Morgan fingerprint density at radius 3 is 2.88 bits per heavy atom. The first-order valence-electron chi connectivity index (χ1n) is 4.57. The van der Waals surface area contributed by atoms with Gasteiger partial charge >= 0.3 is 5.97 Å². The van der Waals surface area contributed by atoms with E-state index in [-0.39, 0.29) is 11.3 Å². The van der Waals surface area contributed by atoms with Gasteiger partial charge in [0.25, 0.3) is 5.56 Å². The van der Waals surface area contributed by atoms with Gasteiger partial charge in [-0.1, -0.05) is 0 Å². The molecule has 1 unspecified atom stereocenters. The molecule has 16 heavy (non-hydrogen) atoms. The molecule has 2 aromatic rings. The van der Waals surface area contributed by atoms with Crippen LogP contribution < -0.4 is 5.56 Å². The van der Waals surface area contributed by atoms with Crippen molar-refractivity contribution in [3.63, 3.8) is 0 Å². The molecule has 0 aromatic carbocycles. The Morgan fingerprint density at radius 2 is 2.25 bits per heavy atom. The van der Waals surface area contributed by atoms with Gasteiger partial charge in [0.05, 0.1) is 21.7 Å². The molecule has 84 valence electrons. The Balaban J connectivity index is 2.78. The van der Waals surface area contributed by atoms with Gasteiger partial charge in [-0.05, 0) is 18.4 Å². The molecule has 6 heteroatoms. The maximum absolute atomic E-state index is 11.6. The smallest absolute Gasteiger partial charge is 0.311 e. The number of aromatic nitrogens is 1. The fourth-order valence-electron chi connectivity index (χ4n) is 1.54. The van der Waals surface area contributed by atoms with Crippen LogP contribution in [0.5, 0.6) is 5.75 Å². The van der Waals surface area contributed by atoms with Gasteiger partial charge in [0.1, 0.15) is 5.75 Å². The molecule has 0 amide bonds. The van der Waals surface area contributed by atoms with Gasteiger partial charge in [-0.3, -0.25) is 9.59 Å². The second kappa shape index (κ2) is 3.64. The highest BCUT2D eigenvalue weighted by Crippen LogP contribution is 2.32. The van der Waals surface area contributed by atoms with Gasteiger partial charge in [0.2, 0.25) is 0 Å². The topological polar surface area (TPSA) is 90.4 Å². The van der Waals surface area contributed by atoms with E-state index in [1.165, 1.54) is 18.3 Å². The quantitative estimate of drug-likeness (QED) is 0.740. The molecule has 5 nitrogen and oxygen atoms in total. The fourth-order valence-corrected chi connectivity index (χ4v) is 2.34. The van der Waals surface area contributed by atoms with Gasteiger partial charge in [-0.25, -0.2) is 0 Å². The minimum atomic E-state index is -1.14. The number of carboxylic acid groups (broad SMARTS) is 1. The lowest BCUT2D eigenvalue weighted by Crippen LogP contribution is -2.19. The number of thiophene rings is 1. The normalized spacial score (nSPS) is 12.8. The zero-order chi connectivity index (χ0) is 11.9. The van der Waals surface area contributed by atoms with Crippen LogP contribution >= 0.6 is 11.3 Å². The summed E-state index contributed by atoms with van der Waals surface area (Å²) < 4.78 is 0.503. The number of hydrogen-bond acceptors (Lipinski definition) is 4. The average molecular weight is 239 g/mol. The molecule has 1 atom stereocenters. The minimum Gasteiger partial charge on any atom is -0.506 e. The van der Waals surface area contributed by atoms with E-state index in [4.69, 9.17) is 5.11 Å². The van der Waals surface area contributed by atoms with E-state index < -0.39 is 17.4 Å². The van der Waals surface area contributed by atoms with Crippen LogP contribution in [0.15, 0.2) is 16.2 Å². The molecule has 0 radical (unpaired) electrons. The summed E-state index contributed by atoms with van der Waals surface area (Å²) in [7, 11) is 0. The SMILES string of the molecule is CC(C(=O)O)c1c(O)c2sccc2[nH]c1=O. The Morgan fingerprint density at radius 1 is 1.56 bits per heavy atom. The number of fused-ring (bicyclic) bond motifs is 1. The minimum absolute atomic E-state index is 0.0950. The van der Waals surface area contributed by atoms with E-state index in [9.17, 15) is 14.7 Å². The van der Waals surface area contributed by atoms with Crippen LogP contribution in [0.3, 0.4) is 0 Å². The number of nitrogens with one attached hydrogen (secondary N) is 1. The number of pyridine rings is 1. The predicted molar refractivity (Wildman–Crippen MR) is 60.2 cm³/mol. The Kier molecular flexibility index (Phi) is 2.43. The zero-order valence-electron chi connectivity index (χ0n) is 8.35. The van der Waals surface area contributed by atoms with E-state index >= 15 is 0 Å². The lowest BCUT2D eigenvalue weighted by molar-refractivity contribution is -0.138. The molecule has 2 aromatic heterocycles. The summed E-state index contributed by atoms with van der Waals surface area (Å²) in [5.41, 5.74) is -0.130. The molecule has 0 bridgehead atoms. The summed E-state index contributed by atoms with van der Waals surface area (Å²) in [6.07, 6.45) is 0. The second-order valence-electron chi connectivity index (χ2n) is 3.44. The third-order valence-corrected chi connectivity index (χ3v) is 3.35. The highest BCUT2D eigenvalue weighted by molar-refractivity contribution is 7.17. The molecule has 0 aliphatic carbocycles. The van der Waals surface area contributed by atoms with Crippen molar-refractivity contribution >= 4 is 27.5 Å². The van der Waals surface area contributed by atoms with Crippen LogP contribution in [-0.4, -0.2) is 21.2 Å².